The molecule has 130 valence electrons. The fourth-order valence-corrected chi connectivity index (χ4v) is 4.43. The van der Waals surface area contributed by atoms with Crippen molar-refractivity contribution in [1.82, 2.24) is 10.2 Å². The van der Waals surface area contributed by atoms with Crippen LogP contribution in [0, 0.1) is 0 Å². The average Bonchev–Trinajstić information content (AvgIpc) is 3.14. The maximum absolute atomic E-state index is 12.5. The monoisotopic (exact) mass is 374 g/mol. The summed E-state index contributed by atoms with van der Waals surface area (Å²) in [5, 5.41) is 12.4. The van der Waals surface area contributed by atoms with Crippen LogP contribution in [-0.4, -0.2) is 40.2 Å². The van der Waals surface area contributed by atoms with E-state index in [1.54, 1.807) is 11.0 Å². The van der Waals surface area contributed by atoms with E-state index in [1.165, 1.54) is 35.9 Å². The molecule has 2 fully saturated rings. The molecule has 1 aliphatic heterocycles. The Bertz CT molecular complexity index is 803. The molecule has 1 aromatic carbocycles. The third kappa shape index (κ3) is 4.01. The Morgan fingerprint density at radius 3 is 3.00 bits per heavy atom. The van der Waals surface area contributed by atoms with Gasteiger partial charge in [-0.05, 0) is 31.4 Å². The minimum absolute atomic E-state index is 0.0328. The average molecular weight is 374 g/mol. The van der Waals surface area contributed by atoms with E-state index in [0.717, 1.165) is 28.1 Å². The number of hydrogen-bond donors (Lipinski definition) is 1. The quantitative estimate of drug-likeness (QED) is 0.592. The predicted molar refractivity (Wildman–Crippen MR) is 99.6 cm³/mol. The van der Waals surface area contributed by atoms with Crippen molar-refractivity contribution in [3.63, 3.8) is 0 Å². The van der Waals surface area contributed by atoms with Crippen LogP contribution < -0.4 is 10.2 Å². The summed E-state index contributed by atoms with van der Waals surface area (Å²) < 4.78 is 0.794. The number of nitrogens with zero attached hydrogens (tertiary/aromatic N) is 3. The van der Waals surface area contributed by atoms with Crippen molar-refractivity contribution < 1.29 is 9.59 Å². The summed E-state index contributed by atoms with van der Waals surface area (Å²) in [5.74, 6) is 0.476. The highest BCUT2D eigenvalue weighted by Gasteiger charge is 2.23. The van der Waals surface area contributed by atoms with Gasteiger partial charge in [0.1, 0.15) is 0 Å². The van der Waals surface area contributed by atoms with Crippen LogP contribution >= 0.6 is 23.1 Å². The Morgan fingerprint density at radius 1 is 1.36 bits per heavy atom. The first kappa shape index (κ1) is 16.5. The number of anilines is 2. The van der Waals surface area contributed by atoms with E-state index >= 15 is 0 Å². The Morgan fingerprint density at radius 2 is 2.24 bits per heavy atom. The van der Waals surface area contributed by atoms with Crippen molar-refractivity contribution in [3.05, 3.63) is 29.8 Å². The summed E-state index contributed by atoms with van der Waals surface area (Å²) >= 11 is 2.89. The standard InChI is InChI=1S/C17H18N4O2S2/c22-14(10-24-17-20-19-16(25-17)18-12-6-7-12)11-3-1-4-13(9-11)21-8-2-5-15(21)23/h1,3-4,9,12H,2,5-8,10H2,(H,18,19). The molecule has 1 aromatic heterocycles. The number of carbonyl (C=O) groups is 2. The van der Waals surface area contributed by atoms with Crippen molar-refractivity contribution in [2.75, 3.05) is 22.5 Å². The molecule has 1 aliphatic carbocycles. The van der Waals surface area contributed by atoms with E-state index in [4.69, 9.17) is 0 Å². The Hall–Kier alpha value is -1.93. The van der Waals surface area contributed by atoms with Crippen molar-refractivity contribution in [2.24, 2.45) is 0 Å². The number of carbonyl (C=O) groups excluding carboxylic acids is 2. The molecule has 2 aliphatic rings. The van der Waals surface area contributed by atoms with Gasteiger partial charge in [0.25, 0.3) is 0 Å². The predicted octanol–water partition coefficient (Wildman–Crippen LogP) is 3.21. The van der Waals surface area contributed by atoms with Crippen LogP contribution in [0.3, 0.4) is 0 Å². The number of rotatable bonds is 7. The number of Topliss-reactive ketones (excluding diaryl/α,β-unsaturated/α-hetero) is 1. The molecule has 1 amide bonds. The third-order valence-electron chi connectivity index (χ3n) is 4.19. The SMILES string of the molecule is O=C(CSc1nnc(NC2CC2)s1)c1cccc(N2CCCC2=O)c1. The van der Waals surface area contributed by atoms with Crippen molar-refractivity contribution in [2.45, 2.75) is 36.1 Å². The Kier molecular flexibility index (Phi) is 4.72. The van der Waals surface area contributed by atoms with E-state index in [0.29, 0.717) is 23.8 Å². The van der Waals surface area contributed by atoms with Crippen molar-refractivity contribution in [3.8, 4) is 0 Å². The van der Waals surface area contributed by atoms with Crippen LogP contribution in [0.4, 0.5) is 10.8 Å². The molecule has 0 radical (unpaired) electrons. The smallest absolute Gasteiger partial charge is 0.227 e. The molecule has 25 heavy (non-hydrogen) atoms. The topological polar surface area (TPSA) is 75.2 Å². The van der Waals surface area contributed by atoms with Crippen LogP contribution in [0.1, 0.15) is 36.0 Å². The van der Waals surface area contributed by atoms with E-state index in [-0.39, 0.29) is 11.7 Å². The largest absolute Gasteiger partial charge is 0.357 e. The molecule has 0 atom stereocenters. The zero-order valence-electron chi connectivity index (χ0n) is 13.6. The molecule has 1 N–H and O–H groups in total. The first-order valence-electron chi connectivity index (χ1n) is 8.35. The molecule has 4 rings (SSSR count). The lowest BCUT2D eigenvalue weighted by Gasteiger charge is -2.16. The van der Waals surface area contributed by atoms with Crippen molar-refractivity contribution in [1.29, 1.82) is 0 Å². The molecule has 0 spiro atoms. The van der Waals surface area contributed by atoms with E-state index in [2.05, 4.69) is 15.5 Å². The number of thioether (sulfide) groups is 1. The van der Waals surface area contributed by atoms with Gasteiger partial charge < -0.3 is 10.2 Å². The molecular weight excluding hydrogens is 356 g/mol. The first-order valence-corrected chi connectivity index (χ1v) is 10.2. The molecule has 8 heteroatoms. The van der Waals surface area contributed by atoms with Gasteiger partial charge >= 0.3 is 0 Å². The summed E-state index contributed by atoms with van der Waals surface area (Å²) in [6, 6.07) is 7.87. The minimum atomic E-state index is 0.0328. The van der Waals surface area contributed by atoms with Crippen LogP contribution in [0.25, 0.3) is 0 Å². The lowest BCUT2D eigenvalue weighted by atomic mass is 10.1. The number of hydrogen-bond acceptors (Lipinski definition) is 7. The van der Waals surface area contributed by atoms with Crippen molar-refractivity contribution >= 4 is 45.6 Å². The molecule has 2 aromatic rings. The zero-order chi connectivity index (χ0) is 17.2. The Labute approximate surface area is 154 Å². The zero-order valence-corrected chi connectivity index (χ0v) is 15.2. The molecule has 1 saturated carbocycles. The van der Waals surface area contributed by atoms with Crippen LogP contribution in [-0.2, 0) is 4.79 Å². The van der Waals surface area contributed by atoms with Gasteiger partial charge in [-0.1, -0.05) is 35.2 Å². The second kappa shape index (κ2) is 7.13. The van der Waals surface area contributed by atoms with Crippen LogP contribution in [0.5, 0.6) is 0 Å². The highest BCUT2D eigenvalue weighted by atomic mass is 32.2. The number of benzene rings is 1. The van der Waals surface area contributed by atoms with Crippen LogP contribution in [0.15, 0.2) is 28.6 Å². The highest BCUT2D eigenvalue weighted by Crippen LogP contribution is 2.30. The molecule has 0 bridgehead atoms. The molecular formula is C17H18N4O2S2. The Balaban J connectivity index is 1.37. The summed E-state index contributed by atoms with van der Waals surface area (Å²) in [4.78, 5) is 26.1. The summed E-state index contributed by atoms with van der Waals surface area (Å²) in [6.07, 6.45) is 3.84. The van der Waals surface area contributed by atoms with Gasteiger partial charge in [0.05, 0.1) is 5.75 Å². The lowest BCUT2D eigenvalue weighted by Crippen LogP contribution is -2.23. The van der Waals surface area contributed by atoms with E-state index < -0.39 is 0 Å². The second-order valence-corrected chi connectivity index (χ2v) is 8.40. The van der Waals surface area contributed by atoms with Gasteiger partial charge in [-0.25, -0.2) is 0 Å². The number of aromatic nitrogens is 2. The fraction of sp³-hybridized carbons (Fsp3) is 0.412. The molecule has 1 saturated heterocycles. The van der Waals surface area contributed by atoms with Gasteiger partial charge in [0.2, 0.25) is 11.0 Å². The number of nitrogens with one attached hydrogen (secondary N) is 1. The number of amides is 1. The maximum Gasteiger partial charge on any atom is 0.227 e. The van der Waals surface area contributed by atoms with E-state index in [1.807, 2.05) is 18.2 Å². The minimum Gasteiger partial charge on any atom is -0.357 e. The van der Waals surface area contributed by atoms with Gasteiger partial charge in [0.15, 0.2) is 10.1 Å². The second-order valence-electron chi connectivity index (χ2n) is 6.20. The van der Waals surface area contributed by atoms with Gasteiger partial charge in [-0.2, -0.15) is 0 Å². The molecule has 2 heterocycles. The fourth-order valence-electron chi connectivity index (χ4n) is 2.71. The summed E-state index contributed by atoms with van der Waals surface area (Å²) in [6.45, 7) is 0.729. The lowest BCUT2D eigenvalue weighted by molar-refractivity contribution is -0.117. The van der Waals surface area contributed by atoms with Gasteiger partial charge in [-0.3, -0.25) is 9.59 Å². The van der Waals surface area contributed by atoms with Crippen LogP contribution in [0.2, 0.25) is 0 Å². The number of ketones is 1. The summed E-state index contributed by atoms with van der Waals surface area (Å²) in [5.41, 5.74) is 1.44. The van der Waals surface area contributed by atoms with Gasteiger partial charge in [0, 0.05) is 30.3 Å². The third-order valence-corrected chi connectivity index (χ3v) is 6.18. The van der Waals surface area contributed by atoms with Gasteiger partial charge in [-0.15, -0.1) is 10.2 Å². The maximum atomic E-state index is 12.5. The summed E-state index contributed by atoms with van der Waals surface area (Å²) in [7, 11) is 0. The molecule has 0 unspecified atom stereocenters. The van der Waals surface area contributed by atoms with E-state index in [9.17, 15) is 9.59 Å². The first-order chi connectivity index (χ1) is 12.2. The molecule has 6 nitrogen and oxygen atoms in total. The highest BCUT2D eigenvalue weighted by molar-refractivity contribution is 8.01. The normalized spacial score (nSPS) is 17.1.